The molecule has 178 valence electrons. The Bertz CT molecular complexity index is 1200. The first-order valence-corrected chi connectivity index (χ1v) is 11.2. The van der Waals surface area contributed by atoms with Gasteiger partial charge >= 0.3 is 0 Å². The molecule has 1 fully saturated rings. The minimum Gasteiger partial charge on any atom is -0.488 e. The van der Waals surface area contributed by atoms with Gasteiger partial charge in [-0.15, -0.1) is 0 Å². The van der Waals surface area contributed by atoms with Crippen molar-refractivity contribution in [2.45, 2.75) is 6.42 Å². The maximum Gasteiger partial charge on any atom is 0.284 e. The molecule has 0 atom stereocenters. The van der Waals surface area contributed by atoms with Crippen molar-refractivity contribution >= 4 is 22.8 Å². The highest BCUT2D eigenvalue weighted by Crippen LogP contribution is 2.25. The van der Waals surface area contributed by atoms with Crippen LogP contribution in [0.1, 0.15) is 16.1 Å². The first kappa shape index (κ1) is 22.2. The van der Waals surface area contributed by atoms with Gasteiger partial charge in [0.05, 0.1) is 30.9 Å². The van der Waals surface area contributed by atoms with E-state index in [1.54, 1.807) is 24.3 Å². The molecule has 0 unspecified atom stereocenters. The van der Waals surface area contributed by atoms with Crippen LogP contribution in [0.3, 0.4) is 0 Å². The van der Waals surface area contributed by atoms with Crippen LogP contribution in [0, 0.1) is 5.82 Å². The Morgan fingerprint density at radius 2 is 2.06 bits per heavy atom. The quantitative estimate of drug-likeness (QED) is 0.558. The Morgan fingerprint density at radius 3 is 2.88 bits per heavy atom. The van der Waals surface area contributed by atoms with Gasteiger partial charge in [0.2, 0.25) is 5.88 Å². The predicted octanol–water partition coefficient (Wildman–Crippen LogP) is 1.48. The number of nitrogens with zero attached hydrogens (tertiary/aromatic N) is 5. The van der Waals surface area contributed by atoms with Crippen LogP contribution < -0.4 is 20.2 Å². The summed E-state index contributed by atoms with van der Waals surface area (Å²) in [4.78, 5) is 27.8. The normalized spacial score (nSPS) is 16.4. The van der Waals surface area contributed by atoms with Crippen LogP contribution in [0.15, 0.2) is 30.5 Å². The standard InChI is InChI=1S/C23H26FN7O3/c1-33-20-5-3-17-21(28-20)15(16(24)14-26-17)6-8-30-9-11-31(12-10-30)29-23(32)18-2-4-19-22(27-18)25-7-13-34-19/h2-5,14H,6-13H2,1H3,(H,25,27)(H,29,32). The predicted molar refractivity (Wildman–Crippen MR) is 123 cm³/mol. The van der Waals surface area contributed by atoms with Crippen LogP contribution in [0.4, 0.5) is 10.2 Å². The summed E-state index contributed by atoms with van der Waals surface area (Å²) in [5, 5.41) is 5.03. The number of amides is 1. The van der Waals surface area contributed by atoms with Gasteiger partial charge in [0.15, 0.2) is 11.6 Å². The second kappa shape index (κ2) is 9.74. The Kier molecular flexibility index (Phi) is 6.37. The van der Waals surface area contributed by atoms with Crippen molar-refractivity contribution in [3.05, 3.63) is 47.5 Å². The molecule has 0 aromatic carbocycles. The first-order chi connectivity index (χ1) is 16.6. The van der Waals surface area contributed by atoms with Crippen molar-refractivity contribution < 1.29 is 18.7 Å². The van der Waals surface area contributed by atoms with Gasteiger partial charge in [-0.1, -0.05) is 0 Å². The molecule has 0 saturated carbocycles. The lowest BCUT2D eigenvalue weighted by atomic mass is 10.1. The summed E-state index contributed by atoms with van der Waals surface area (Å²) >= 11 is 0. The number of nitrogens with one attached hydrogen (secondary N) is 2. The number of methoxy groups -OCH3 is 1. The molecule has 5 rings (SSSR count). The van der Waals surface area contributed by atoms with Gasteiger partial charge < -0.3 is 19.7 Å². The number of fused-ring (bicyclic) bond motifs is 2. The van der Waals surface area contributed by atoms with Gasteiger partial charge in [-0.25, -0.2) is 19.4 Å². The van der Waals surface area contributed by atoms with Crippen molar-refractivity contribution in [1.82, 2.24) is 30.3 Å². The number of piperazine rings is 1. The molecule has 1 amide bonds. The lowest BCUT2D eigenvalue weighted by Gasteiger charge is -2.34. The van der Waals surface area contributed by atoms with Crippen molar-refractivity contribution in [1.29, 1.82) is 0 Å². The van der Waals surface area contributed by atoms with E-state index in [1.165, 1.54) is 13.3 Å². The van der Waals surface area contributed by atoms with E-state index < -0.39 is 0 Å². The van der Waals surface area contributed by atoms with Crippen molar-refractivity contribution in [2.75, 3.05) is 58.3 Å². The SMILES string of the molecule is COc1ccc2ncc(F)c(CCN3CCN(NC(=O)c4ccc5c(n4)NCCO5)CC3)c2n1. The summed E-state index contributed by atoms with van der Waals surface area (Å²) < 4.78 is 25.2. The van der Waals surface area contributed by atoms with E-state index >= 15 is 0 Å². The molecule has 2 aliphatic heterocycles. The van der Waals surface area contributed by atoms with E-state index in [-0.39, 0.29) is 11.7 Å². The van der Waals surface area contributed by atoms with E-state index in [4.69, 9.17) is 9.47 Å². The number of anilines is 1. The summed E-state index contributed by atoms with van der Waals surface area (Å²) in [7, 11) is 1.53. The van der Waals surface area contributed by atoms with Crippen LogP contribution in [0.25, 0.3) is 11.0 Å². The average Bonchev–Trinajstić information content (AvgIpc) is 2.88. The number of rotatable bonds is 6. The van der Waals surface area contributed by atoms with Crippen LogP contribution >= 0.6 is 0 Å². The zero-order valence-corrected chi connectivity index (χ0v) is 18.9. The molecule has 1 saturated heterocycles. The zero-order valence-electron chi connectivity index (χ0n) is 18.9. The number of hydrogen-bond acceptors (Lipinski definition) is 9. The fourth-order valence-electron chi connectivity index (χ4n) is 4.13. The summed E-state index contributed by atoms with van der Waals surface area (Å²) in [6.45, 7) is 4.72. The minimum absolute atomic E-state index is 0.256. The third-order valence-corrected chi connectivity index (χ3v) is 6.00. The summed E-state index contributed by atoms with van der Waals surface area (Å²) in [5.74, 6) is 1.06. The van der Waals surface area contributed by atoms with Gasteiger partial charge in [-0.05, 0) is 24.6 Å². The number of pyridine rings is 3. The molecular weight excluding hydrogens is 441 g/mol. The molecule has 3 aromatic heterocycles. The minimum atomic E-state index is -0.364. The lowest BCUT2D eigenvalue weighted by molar-refractivity contribution is 0.0617. The molecule has 0 bridgehead atoms. The molecule has 2 N–H and O–H groups in total. The van der Waals surface area contributed by atoms with Crippen LogP contribution in [0.5, 0.6) is 11.6 Å². The number of carbonyl (C=O) groups excluding carboxylic acids is 1. The molecule has 11 heteroatoms. The molecular formula is C23H26FN7O3. The van der Waals surface area contributed by atoms with E-state index in [2.05, 4.69) is 30.6 Å². The second-order valence-electron chi connectivity index (χ2n) is 8.14. The molecule has 5 heterocycles. The number of ether oxygens (including phenoxy) is 2. The summed E-state index contributed by atoms with van der Waals surface area (Å²) in [6, 6.07) is 6.92. The van der Waals surface area contributed by atoms with E-state index in [9.17, 15) is 9.18 Å². The van der Waals surface area contributed by atoms with Crippen molar-refractivity contribution in [2.24, 2.45) is 0 Å². The highest BCUT2D eigenvalue weighted by molar-refractivity contribution is 5.92. The van der Waals surface area contributed by atoms with Gasteiger partial charge in [-0.2, -0.15) is 0 Å². The highest BCUT2D eigenvalue weighted by atomic mass is 19.1. The second-order valence-corrected chi connectivity index (χ2v) is 8.14. The summed E-state index contributed by atoms with van der Waals surface area (Å²) in [6.07, 6.45) is 1.75. The third kappa shape index (κ3) is 4.70. The van der Waals surface area contributed by atoms with Crippen molar-refractivity contribution in [3.8, 4) is 11.6 Å². The maximum absolute atomic E-state index is 14.5. The molecule has 2 aliphatic rings. The average molecular weight is 468 g/mol. The van der Waals surface area contributed by atoms with Crippen molar-refractivity contribution in [3.63, 3.8) is 0 Å². The number of hydrazine groups is 1. The van der Waals surface area contributed by atoms with Crippen LogP contribution in [-0.2, 0) is 6.42 Å². The highest BCUT2D eigenvalue weighted by Gasteiger charge is 2.22. The monoisotopic (exact) mass is 467 g/mol. The Labute approximate surface area is 196 Å². The molecule has 0 aliphatic carbocycles. The van der Waals surface area contributed by atoms with E-state index in [0.29, 0.717) is 78.9 Å². The molecule has 0 radical (unpaired) electrons. The first-order valence-electron chi connectivity index (χ1n) is 11.2. The largest absolute Gasteiger partial charge is 0.488 e. The lowest BCUT2D eigenvalue weighted by Crippen LogP contribution is -2.53. The van der Waals surface area contributed by atoms with E-state index in [1.807, 2.05) is 5.01 Å². The number of halogens is 1. The summed E-state index contributed by atoms with van der Waals surface area (Å²) in [5.41, 5.74) is 4.97. The van der Waals surface area contributed by atoms with E-state index in [0.717, 1.165) is 13.1 Å². The number of carbonyl (C=O) groups is 1. The molecule has 10 nitrogen and oxygen atoms in total. The number of hydrogen-bond donors (Lipinski definition) is 2. The fourth-order valence-corrected chi connectivity index (χ4v) is 4.13. The Balaban J connectivity index is 1.16. The zero-order chi connectivity index (χ0) is 23.5. The number of aromatic nitrogens is 3. The molecule has 0 spiro atoms. The maximum atomic E-state index is 14.5. The van der Waals surface area contributed by atoms with Gasteiger partial charge in [0.1, 0.15) is 18.1 Å². The third-order valence-electron chi connectivity index (χ3n) is 6.00. The van der Waals surface area contributed by atoms with Gasteiger partial charge in [0.25, 0.3) is 5.91 Å². The Hall–Kier alpha value is -3.57. The van der Waals surface area contributed by atoms with Crippen LogP contribution in [-0.4, -0.2) is 83.8 Å². The van der Waals surface area contributed by atoms with Gasteiger partial charge in [-0.3, -0.25) is 15.2 Å². The molecule has 3 aromatic rings. The smallest absolute Gasteiger partial charge is 0.284 e. The fraction of sp³-hybridized carbons (Fsp3) is 0.391. The Morgan fingerprint density at radius 1 is 1.21 bits per heavy atom. The van der Waals surface area contributed by atoms with Crippen LogP contribution in [0.2, 0.25) is 0 Å². The topological polar surface area (TPSA) is 105 Å². The van der Waals surface area contributed by atoms with Gasteiger partial charge in [0, 0.05) is 44.4 Å². The molecule has 34 heavy (non-hydrogen) atoms.